The number of carbonyl (C=O) groups is 1. The Morgan fingerprint density at radius 1 is 1.42 bits per heavy atom. The molecule has 0 aliphatic heterocycles. The molecule has 5 nitrogen and oxygen atoms in total. The van der Waals surface area contributed by atoms with Gasteiger partial charge in [0.25, 0.3) is 5.91 Å². The fraction of sp³-hybridized carbons (Fsp3) is 0.286. The minimum Gasteiger partial charge on any atom is -0.399 e. The van der Waals surface area contributed by atoms with E-state index in [4.69, 9.17) is 11.0 Å². The van der Waals surface area contributed by atoms with Crippen LogP contribution in [0.3, 0.4) is 0 Å². The third kappa shape index (κ3) is 5.13. The molecule has 0 unspecified atom stereocenters. The van der Waals surface area contributed by atoms with E-state index in [1.54, 1.807) is 24.3 Å². The van der Waals surface area contributed by atoms with Crippen LogP contribution in [0.25, 0.3) is 0 Å². The molecule has 19 heavy (non-hydrogen) atoms. The summed E-state index contributed by atoms with van der Waals surface area (Å²) in [5.41, 5.74) is 7.02. The topological polar surface area (TPSA) is 90.9 Å². The van der Waals surface area contributed by atoms with Crippen LogP contribution in [0.1, 0.15) is 13.8 Å². The second-order valence-corrected chi connectivity index (χ2v) is 4.54. The third-order valence-corrected chi connectivity index (χ3v) is 2.33. The molecule has 0 aliphatic carbocycles. The van der Waals surface area contributed by atoms with Gasteiger partial charge in [0.05, 0.1) is 0 Å². The van der Waals surface area contributed by atoms with Crippen molar-refractivity contribution in [3.63, 3.8) is 0 Å². The molecule has 0 fully saturated rings. The number of benzene rings is 1. The van der Waals surface area contributed by atoms with Crippen LogP contribution in [0.2, 0.25) is 0 Å². The highest BCUT2D eigenvalue weighted by molar-refractivity contribution is 5.97. The maximum Gasteiger partial charge on any atom is 0.263 e. The van der Waals surface area contributed by atoms with Crippen molar-refractivity contribution in [2.45, 2.75) is 13.8 Å². The number of nitriles is 1. The van der Waals surface area contributed by atoms with Crippen molar-refractivity contribution in [1.82, 2.24) is 5.32 Å². The van der Waals surface area contributed by atoms with Gasteiger partial charge in [-0.25, -0.2) is 0 Å². The van der Waals surface area contributed by atoms with Gasteiger partial charge in [-0.15, -0.1) is 0 Å². The highest BCUT2D eigenvalue weighted by atomic mass is 16.1. The lowest BCUT2D eigenvalue weighted by atomic mass is 10.2. The van der Waals surface area contributed by atoms with Crippen molar-refractivity contribution in [1.29, 1.82) is 5.26 Å². The van der Waals surface area contributed by atoms with Gasteiger partial charge in [-0.1, -0.05) is 13.8 Å². The van der Waals surface area contributed by atoms with Crippen LogP contribution < -0.4 is 16.4 Å². The van der Waals surface area contributed by atoms with Gasteiger partial charge in [0.15, 0.2) is 0 Å². The molecule has 1 rings (SSSR count). The molecular weight excluding hydrogens is 240 g/mol. The van der Waals surface area contributed by atoms with Crippen molar-refractivity contribution < 1.29 is 4.79 Å². The van der Waals surface area contributed by atoms with Gasteiger partial charge < -0.3 is 16.4 Å². The van der Waals surface area contributed by atoms with Gasteiger partial charge in [-0.05, 0) is 30.2 Å². The summed E-state index contributed by atoms with van der Waals surface area (Å²) in [4.78, 5) is 11.7. The first kappa shape index (κ1) is 14.6. The molecule has 0 saturated carbocycles. The number of amides is 1. The number of nitrogen functional groups attached to an aromatic ring is 1. The largest absolute Gasteiger partial charge is 0.399 e. The summed E-state index contributed by atoms with van der Waals surface area (Å²) in [7, 11) is 0. The smallest absolute Gasteiger partial charge is 0.263 e. The second-order valence-electron chi connectivity index (χ2n) is 4.54. The number of rotatable bonds is 5. The number of hydrogen-bond donors (Lipinski definition) is 3. The molecule has 0 aromatic heterocycles. The molecule has 0 atom stereocenters. The number of anilines is 2. The molecule has 0 bridgehead atoms. The van der Waals surface area contributed by atoms with Crippen LogP contribution in [0.4, 0.5) is 11.4 Å². The fourth-order valence-corrected chi connectivity index (χ4v) is 1.28. The molecule has 5 heteroatoms. The number of hydrogen-bond acceptors (Lipinski definition) is 4. The average Bonchev–Trinajstić information content (AvgIpc) is 2.39. The average molecular weight is 258 g/mol. The van der Waals surface area contributed by atoms with Crippen molar-refractivity contribution in [3.8, 4) is 6.07 Å². The fourth-order valence-electron chi connectivity index (χ4n) is 1.28. The van der Waals surface area contributed by atoms with Crippen molar-refractivity contribution in [3.05, 3.63) is 36.0 Å². The zero-order chi connectivity index (χ0) is 14.3. The van der Waals surface area contributed by atoms with E-state index in [9.17, 15) is 4.79 Å². The summed E-state index contributed by atoms with van der Waals surface area (Å²) < 4.78 is 0. The maximum absolute atomic E-state index is 11.7. The Morgan fingerprint density at radius 2 is 2.05 bits per heavy atom. The number of nitrogens with two attached hydrogens (primary N) is 1. The van der Waals surface area contributed by atoms with Crippen molar-refractivity contribution in [2.75, 3.05) is 17.6 Å². The molecule has 0 aliphatic rings. The molecule has 1 amide bonds. The highest BCUT2D eigenvalue weighted by Crippen LogP contribution is 2.10. The minimum absolute atomic E-state index is 0.0393. The van der Waals surface area contributed by atoms with E-state index < -0.39 is 0 Å². The molecule has 1 aromatic rings. The molecule has 100 valence electrons. The zero-order valence-corrected chi connectivity index (χ0v) is 11.1. The van der Waals surface area contributed by atoms with Gasteiger partial charge in [0.2, 0.25) is 0 Å². The molecule has 0 spiro atoms. The highest BCUT2D eigenvalue weighted by Gasteiger charge is 2.08. The Labute approximate surface area is 113 Å². The quantitative estimate of drug-likeness (QED) is 0.427. The van der Waals surface area contributed by atoms with Crippen LogP contribution in [0.15, 0.2) is 36.0 Å². The molecule has 0 heterocycles. The van der Waals surface area contributed by atoms with Gasteiger partial charge in [-0.3, -0.25) is 4.79 Å². The van der Waals surface area contributed by atoms with Crippen LogP contribution in [-0.4, -0.2) is 12.5 Å². The van der Waals surface area contributed by atoms with Crippen molar-refractivity contribution >= 4 is 17.3 Å². The van der Waals surface area contributed by atoms with Gasteiger partial charge >= 0.3 is 0 Å². The van der Waals surface area contributed by atoms with Gasteiger partial charge in [-0.2, -0.15) is 5.26 Å². The summed E-state index contributed by atoms with van der Waals surface area (Å²) in [6, 6.07) is 8.88. The molecule has 1 aromatic carbocycles. The Morgan fingerprint density at radius 3 is 2.58 bits per heavy atom. The normalized spacial score (nSPS) is 10.9. The maximum atomic E-state index is 11.7. The predicted molar refractivity (Wildman–Crippen MR) is 76.0 cm³/mol. The SMILES string of the molecule is CC(C)CNC(=O)/C(C#N)=C\Nc1ccc(N)cc1. The van der Waals surface area contributed by atoms with E-state index >= 15 is 0 Å². The van der Waals surface area contributed by atoms with Gasteiger partial charge in [0, 0.05) is 24.1 Å². The Hall–Kier alpha value is -2.48. The van der Waals surface area contributed by atoms with Crippen LogP contribution in [-0.2, 0) is 4.79 Å². The Bertz CT molecular complexity index is 497. The summed E-state index contributed by atoms with van der Waals surface area (Å²) in [6.07, 6.45) is 1.39. The van der Waals surface area contributed by atoms with E-state index in [2.05, 4.69) is 10.6 Å². The third-order valence-electron chi connectivity index (χ3n) is 2.33. The lowest BCUT2D eigenvalue weighted by Crippen LogP contribution is -2.28. The predicted octanol–water partition coefficient (Wildman–Crippen LogP) is 1.86. The molecule has 0 saturated heterocycles. The zero-order valence-electron chi connectivity index (χ0n) is 11.1. The Kier molecular flexibility index (Phi) is 5.42. The standard InChI is InChI=1S/C14H18N4O/c1-10(2)8-18-14(19)11(7-15)9-17-13-5-3-12(16)4-6-13/h3-6,9-10,17H,8,16H2,1-2H3,(H,18,19)/b11-9-. The molecule has 0 radical (unpaired) electrons. The van der Waals surface area contributed by atoms with Gasteiger partial charge in [0.1, 0.15) is 11.6 Å². The van der Waals surface area contributed by atoms with Crippen LogP contribution >= 0.6 is 0 Å². The summed E-state index contributed by atoms with van der Waals surface area (Å²) in [5, 5.41) is 14.5. The van der Waals surface area contributed by atoms with E-state index in [1.807, 2.05) is 19.9 Å². The number of nitrogens with zero attached hydrogens (tertiary/aromatic N) is 1. The monoisotopic (exact) mass is 258 g/mol. The van der Waals surface area contributed by atoms with Crippen LogP contribution in [0, 0.1) is 17.2 Å². The first-order chi connectivity index (χ1) is 9.02. The van der Waals surface area contributed by atoms with E-state index in [-0.39, 0.29) is 11.5 Å². The Balaban J connectivity index is 2.64. The van der Waals surface area contributed by atoms with E-state index in [0.29, 0.717) is 18.2 Å². The van der Waals surface area contributed by atoms with Crippen LogP contribution in [0.5, 0.6) is 0 Å². The summed E-state index contributed by atoms with van der Waals surface area (Å²) in [5.74, 6) is -0.0342. The summed E-state index contributed by atoms with van der Waals surface area (Å²) >= 11 is 0. The van der Waals surface area contributed by atoms with E-state index in [0.717, 1.165) is 5.69 Å². The number of nitrogens with one attached hydrogen (secondary N) is 2. The summed E-state index contributed by atoms with van der Waals surface area (Å²) in [6.45, 7) is 4.52. The molecular formula is C14H18N4O. The number of carbonyl (C=O) groups excluding carboxylic acids is 1. The molecule has 4 N–H and O–H groups in total. The van der Waals surface area contributed by atoms with E-state index in [1.165, 1.54) is 6.20 Å². The van der Waals surface area contributed by atoms with Crippen molar-refractivity contribution in [2.24, 2.45) is 5.92 Å². The lowest BCUT2D eigenvalue weighted by Gasteiger charge is -2.07. The first-order valence-electron chi connectivity index (χ1n) is 6.03. The minimum atomic E-state index is -0.376. The first-order valence-corrected chi connectivity index (χ1v) is 6.03. The second kappa shape index (κ2) is 7.07. The lowest BCUT2D eigenvalue weighted by molar-refractivity contribution is -0.117.